The van der Waals surface area contributed by atoms with Gasteiger partial charge in [0.15, 0.2) is 34.9 Å². The Hall–Kier alpha value is -20.6. The van der Waals surface area contributed by atoms with Crippen molar-refractivity contribution < 1.29 is 13.3 Å². The van der Waals surface area contributed by atoms with Gasteiger partial charge in [0.05, 0.1) is 33.1 Å². The number of aromatic nitrogens is 12. The van der Waals surface area contributed by atoms with Crippen LogP contribution in [0.3, 0.4) is 0 Å². The van der Waals surface area contributed by atoms with E-state index in [-0.39, 0.29) is 0 Å². The van der Waals surface area contributed by atoms with Crippen molar-refractivity contribution in [1.82, 2.24) is 58.6 Å². The summed E-state index contributed by atoms with van der Waals surface area (Å²) in [6.07, 6.45) is 0. The van der Waals surface area contributed by atoms with Gasteiger partial charge in [-0.25, -0.2) is 15.0 Å². The fourth-order valence-electron chi connectivity index (χ4n) is 23.3. The first kappa shape index (κ1) is 84.0. The van der Waals surface area contributed by atoms with E-state index in [1.165, 1.54) is 59.2 Å². The third-order valence-corrected chi connectivity index (χ3v) is 30.0. The molecule has 0 aliphatic heterocycles. The monoisotopic (exact) mass is 1910 g/mol. The van der Waals surface area contributed by atoms with Gasteiger partial charge in [0.1, 0.15) is 33.5 Å². The summed E-state index contributed by atoms with van der Waals surface area (Å²) in [5.74, 6) is 5.45. The molecule has 696 valence electrons. The molecule has 0 atom stereocenters. The number of furan rings is 3. The van der Waals surface area contributed by atoms with Gasteiger partial charge in [-0.15, -0.1) is 0 Å². The standard InChI is InChI=1S/3C45H26N4O/c1-2-12-27(13-3-1)43-46-44(29-22-24-30-28(26-29)23-25-39-40(30)36-19-9-11-21-38(36)50-39)48-45(47-43)49-37-20-10-8-18-35(37)41-33-16-6-4-14-31(33)32-15-5-7-17-34(32)42(41)49;1-2-12-29(13-3-1)43-46-44(31-20-22-32-30(26-31)21-25-39-40(32)37-16-8-9-17-38(37)50-39)48-45(47-43)49-41-33-14-6-4-10-27(33)18-23-35(41)36-24-19-28-11-5-7-15-34(28)42(36)49;1-2-12-29(13-3-1)43-46-44(31-19-22-33-30(26-31)21-25-39-41(33)35-16-8-9-17-38(35)50-39)48-45(47-43)49-37-24-20-27-10-4-6-14-32(27)40(37)36-23-18-28-11-5-7-15-34(28)42(36)49/h3*1-26H. The highest BCUT2D eigenvalue weighted by Gasteiger charge is 2.29. The maximum atomic E-state index is 6.19. The number of nitrogens with zero attached hydrogens (tertiary/aromatic N) is 12. The number of rotatable bonds is 9. The van der Waals surface area contributed by atoms with Gasteiger partial charge in [0.25, 0.3) is 0 Å². The second kappa shape index (κ2) is 33.5. The molecule has 0 bridgehead atoms. The largest absolute Gasteiger partial charge is 0.456 e. The quantitative estimate of drug-likeness (QED) is 0.126. The van der Waals surface area contributed by atoms with E-state index < -0.39 is 0 Å². The Bertz CT molecular complexity index is 11100. The molecule has 150 heavy (non-hydrogen) atoms. The Morgan fingerprint density at radius 1 is 0.133 bits per heavy atom. The van der Waals surface area contributed by atoms with Gasteiger partial charge in [-0.3, -0.25) is 13.7 Å². The highest BCUT2D eigenvalue weighted by molar-refractivity contribution is 6.33. The molecule has 0 N–H and O–H groups in total. The van der Waals surface area contributed by atoms with Crippen LogP contribution >= 0.6 is 0 Å². The number of para-hydroxylation sites is 4. The van der Waals surface area contributed by atoms with Crippen LogP contribution in [0, 0.1) is 0 Å². The molecule has 0 saturated carbocycles. The highest BCUT2D eigenvalue weighted by Crippen LogP contribution is 2.49. The minimum absolute atomic E-state index is 0.580. The summed E-state index contributed by atoms with van der Waals surface area (Å²) >= 11 is 0. The summed E-state index contributed by atoms with van der Waals surface area (Å²) < 4.78 is 25.3. The molecule has 9 heterocycles. The van der Waals surface area contributed by atoms with E-state index in [1.807, 2.05) is 91.0 Å². The van der Waals surface area contributed by atoms with E-state index in [0.717, 1.165) is 202 Å². The Balaban J connectivity index is 0.000000101. The average Bonchev–Trinajstić information content (AvgIpc) is 1.55. The molecule has 33 aromatic rings. The third kappa shape index (κ3) is 13.3. The van der Waals surface area contributed by atoms with Crippen LogP contribution in [0.4, 0.5) is 0 Å². The molecule has 0 aliphatic carbocycles. The molecule has 33 rings (SSSR count). The zero-order chi connectivity index (χ0) is 98.3. The fourth-order valence-corrected chi connectivity index (χ4v) is 23.3. The smallest absolute Gasteiger partial charge is 0.238 e. The summed E-state index contributed by atoms with van der Waals surface area (Å²) in [6, 6.07) is 165. The van der Waals surface area contributed by atoms with Crippen molar-refractivity contribution in [3.63, 3.8) is 0 Å². The molecular formula is C135H78N12O3. The topological polar surface area (TPSA) is 170 Å². The van der Waals surface area contributed by atoms with Crippen LogP contribution < -0.4 is 0 Å². The Morgan fingerprint density at radius 2 is 0.407 bits per heavy atom. The van der Waals surface area contributed by atoms with E-state index in [9.17, 15) is 0 Å². The van der Waals surface area contributed by atoms with Gasteiger partial charge in [0, 0.05) is 120 Å². The Labute approximate surface area is 853 Å². The minimum Gasteiger partial charge on any atom is -0.456 e. The highest BCUT2D eigenvalue weighted by atomic mass is 16.3. The Kier molecular flexibility index (Phi) is 18.8. The zero-order valence-electron chi connectivity index (χ0n) is 80.1. The molecule has 15 heteroatoms. The first-order valence-electron chi connectivity index (χ1n) is 50.4. The van der Waals surface area contributed by atoms with E-state index in [0.29, 0.717) is 52.8 Å². The summed E-state index contributed by atoms with van der Waals surface area (Å²) in [5.41, 5.74) is 17.3. The summed E-state index contributed by atoms with van der Waals surface area (Å²) in [7, 11) is 0. The van der Waals surface area contributed by atoms with E-state index in [2.05, 4.69) is 396 Å². The lowest BCUT2D eigenvalue weighted by Crippen LogP contribution is -2.07. The van der Waals surface area contributed by atoms with Gasteiger partial charge in [-0.2, -0.15) is 29.9 Å². The zero-order valence-corrected chi connectivity index (χ0v) is 80.1. The molecule has 0 amide bonds. The lowest BCUT2D eigenvalue weighted by atomic mass is 9.97. The first-order valence-corrected chi connectivity index (χ1v) is 50.4. The number of fused-ring (bicyclic) bond motifs is 37. The molecular weight excluding hydrogens is 1840 g/mol. The van der Waals surface area contributed by atoms with Crippen LogP contribution in [0.15, 0.2) is 486 Å². The molecule has 0 saturated heterocycles. The molecule has 9 aromatic heterocycles. The minimum atomic E-state index is 0.580. The number of hydrogen-bond acceptors (Lipinski definition) is 12. The second-order valence-electron chi connectivity index (χ2n) is 38.4. The van der Waals surface area contributed by atoms with Gasteiger partial charge < -0.3 is 13.3 Å². The maximum Gasteiger partial charge on any atom is 0.238 e. The van der Waals surface area contributed by atoms with Gasteiger partial charge in [0.2, 0.25) is 17.8 Å². The van der Waals surface area contributed by atoms with E-state index in [1.54, 1.807) is 0 Å². The van der Waals surface area contributed by atoms with Crippen molar-refractivity contribution in [3.8, 4) is 86.2 Å². The molecule has 15 nitrogen and oxygen atoms in total. The third-order valence-electron chi connectivity index (χ3n) is 30.0. The van der Waals surface area contributed by atoms with Crippen molar-refractivity contribution in [1.29, 1.82) is 0 Å². The normalized spacial score (nSPS) is 12.0. The lowest BCUT2D eigenvalue weighted by molar-refractivity contribution is 0.669. The molecule has 0 fully saturated rings. The van der Waals surface area contributed by atoms with Crippen LogP contribution in [-0.2, 0) is 0 Å². The molecule has 0 spiro atoms. The second-order valence-corrected chi connectivity index (χ2v) is 38.4. The van der Waals surface area contributed by atoms with Crippen molar-refractivity contribution in [3.05, 3.63) is 473 Å². The average molecular weight is 1920 g/mol. The molecule has 0 radical (unpaired) electrons. The van der Waals surface area contributed by atoms with Gasteiger partial charge in [-0.1, -0.05) is 406 Å². The van der Waals surface area contributed by atoms with Crippen LogP contribution in [0.1, 0.15) is 0 Å². The van der Waals surface area contributed by atoms with Crippen molar-refractivity contribution >= 4 is 228 Å². The van der Waals surface area contributed by atoms with Crippen LogP contribution in [0.2, 0.25) is 0 Å². The Morgan fingerprint density at radius 3 is 0.827 bits per heavy atom. The first-order chi connectivity index (χ1) is 74.4. The SMILES string of the molecule is c1ccc(-c2nc(-c3ccc4c(ccc5oc6ccccc6c54)c3)nc(-n3c4c5ccccc5ccc4c4ccc5ccccc5c43)n2)cc1.c1ccc(-c2nc(-c3ccc4c(ccc5oc6ccccc6c54)c3)nc(-n3c4ccc5ccccc5c4c4ccc5ccccc5c43)n2)cc1.c1ccc(-c2nc(-c3ccc4c(ccc5oc6ccccc6c54)c3)nc(-n3c4ccccc4c4c5ccccc5c5ccccc5c43)n2)cc1. The van der Waals surface area contributed by atoms with Crippen molar-refractivity contribution in [2.75, 3.05) is 0 Å². The summed E-state index contributed by atoms with van der Waals surface area (Å²) in [5, 5.41) is 34.6. The molecule has 0 unspecified atom stereocenters. The molecule has 24 aromatic carbocycles. The molecule has 0 aliphatic rings. The predicted molar refractivity (Wildman–Crippen MR) is 615 cm³/mol. The van der Waals surface area contributed by atoms with E-state index in [4.69, 9.17) is 58.1 Å². The van der Waals surface area contributed by atoms with Crippen LogP contribution in [0.5, 0.6) is 0 Å². The van der Waals surface area contributed by atoms with Gasteiger partial charge >= 0.3 is 0 Å². The summed E-state index contributed by atoms with van der Waals surface area (Å²) in [6.45, 7) is 0. The van der Waals surface area contributed by atoms with Crippen LogP contribution in [-0.4, -0.2) is 58.6 Å². The van der Waals surface area contributed by atoms with Gasteiger partial charge in [-0.05, 0) is 142 Å². The van der Waals surface area contributed by atoms with Crippen molar-refractivity contribution in [2.45, 2.75) is 0 Å². The maximum absolute atomic E-state index is 6.19. The summed E-state index contributed by atoms with van der Waals surface area (Å²) in [4.78, 5) is 46.9. The fraction of sp³-hybridized carbons (Fsp3) is 0. The lowest BCUT2D eigenvalue weighted by Gasteiger charge is -2.13. The number of hydrogen-bond donors (Lipinski definition) is 0. The van der Waals surface area contributed by atoms with Crippen LogP contribution in [0.25, 0.3) is 314 Å². The van der Waals surface area contributed by atoms with Crippen molar-refractivity contribution in [2.24, 2.45) is 0 Å². The predicted octanol–water partition coefficient (Wildman–Crippen LogP) is 35.0. The number of benzene rings is 24. The van der Waals surface area contributed by atoms with E-state index >= 15 is 0 Å².